The molecule has 0 atom stereocenters. The second kappa shape index (κ2) is 1.64. The molecule has 7 heavy (non-hydrogen) atoms. The van der Waals surface area contributed by atoms with Crippen molar-refractivity contribution in [2.45, 2.75) is 0 Å². The van der Waals surface area contributed by atoms with E-state index in [0.717, 1.165) is 0 Å². The van der Waals surface area contributed by atoms with Crippen LogP contribution in [0.1, 0.15) is 0 Å². The Kier molecular flexibility index (Phi) is 0.978. The summed E-state index contributed by atoms with van der Waals surface area (Å²) in [6.45, 7) is 0. The molecule has 0 spiro atoms. The maximum atomic E-state index is 11.8. The third kappa shape index (κ3) is 0.924. The molecule has 3 heteroatoms. The molecule has 0 aromatic carbocycles. The van der Waals surface area contributed by atoms with Crippen LogP contribution in [0.25, 0.3) is 0 Å². The van der Waals surface area contributed by atoms with Gasteiger partial charge in [0, 0.05) is 6.20 Å². The van der Waals surface area contributed by atoms with Crippen LogP contribution >= 0.6 is 0 Å². The zero-order valence-corrected chi connectivity index (χ0v) is 3.63. The molecule has 0 saturated carbocycles. The van der Waals surface area contributed by atoms with Crippen LogP contribution in [-0.4, -0.2) is 5.23 Å². The molecule has 1 N–H and O–H groups in total. The van der Waals surface area contributed by atoms with Crippen LogP contribution in [0, 0.1) is 0 Å². The summed E-state index contributed by atoms with van der Waals surface area (Å²) in [4.78, 5) is 0. The first-order valence-electron chi connectivity index (χ1n) is 1.94. The summed E-state index contributed by atoms with van der Waals surface area (Å²) >= 11 is 0. The number of allylic oxidation sites excluding steroid dienone is 2. The Morgan fingerprint density at radius 3 is 2.57 bits per heavy atom. The second-order valence-corrected chi connectivity index (χ2v) is 1.14. The minimum absolute atomic E-state index is 0.375. The van der Waals surface area contributed by atoms with E-state index >= 15 is 0 Å². The summed E-state index contributed by atoms with van der Waals surface area (Å²) in [7, 11) is 0. The molecule has 0 radical (unpaired) electrons. The number of rotatable bonds is 0. The smallest absolute Gasteiger partial charge is 0.0570 e. The van der Waals surface area contributed by atoms with E-state index < -0.39 is 0 Å². The highest BCUT2D eigenvalue weighted by atomic mass is 19.2. The lowest BCUT2D eigenvalue weighted by molar-refractivity contribution is 0.0454. The van der Waals surface area contributed by atoms with Crippen LogP contribution in [0.3, 0.4) is 0 Å². The summed E-state index contributed by atoms with van der Waals surface area (Å²) in [5.41, 5.74) is 2.28. The number of hydrogen-bond donors (Lipinski definition) is 1. The quantitative estimate of drug-likeness (QED) is 0.451. The molecular formula is C4H5FN2. The highest BCUT2D eigenvalue weighted by Crippen LogP contribution is 1.89. The molecule has 2 nitrogen and oxygen atoms in total. The SMILES string of the molecule is FN1C=CC=CN1. The third-order valence-electron chi connectivity index (χ3n) is 0.622. The van der Waals surface area contributed by atoms with Crippen LogP contribution in [0.5, 0.6) is 0 Å². The van der Waals surface area contributed by atoms with Gasteiger partial charge in [0.25, 0.3) is 0 Å². The van der Waals surface area contributed by atoms with Gasteiger partial charge in [0.05, 0.1) is 6.20 Å². The van der Waals surface area contributed by atoms with E-state index in [1.165, 1.54) is 12.4 Å². The number of nitrogens with zero attached hydrogens (tertiary/aromatic N) is 1. The predicted octanol–water partition coefficient (Wildman–Crippen LogP) is 0.719. The Morgan fingerprint density at radius 1 is 1.43 bits per heavy atom. The van der Waals surface area contributed by atoms with Crippen molar-refractivity contribution in [2.75, 3.05) is 0 Å². The zero-order valence-electron chi connectivity index (χ0n) is 3.63. The van der Waals surface area contributed by atoms with Crippen molar-refractivity contribution in [3.8, 4) is 0 Å². The Labute approximate surface area is 40.8 Å². The first kappa shape index (κ1) is 4.18. The van der Waals surface area contributed by atoms with Gasteiger partial charge in [-0.1, -0.05) is 4.48 Å². The van der Waals surface area contributed by atoms with Crippen LogP contribution in [0.15, 0.2) is 24.6 Å². The Hall–Kier alpha value is -0.990. The molecule has 0 bridgehead atoms. The van der Waals surface area contributed by atoms with Crippen LogP contribution in [0.4, 0.5) is 4.48 Å². The third-order valence-corrected chi connectivity index (χ3v) is 0.622. The lowest BCUT2D eigenvalue weighted by atomic mass is 10.5. The summed E-state index contributed by atoms with van der Waals surface area (Å²) in [6.07, 6.45) is 6.08. The number of halogens is 1. The molecule has 1 aliphatic heterocycles. The topological polar surface area (TPSA) is 15.3 Å². The van der Waals surface area contributed by atoms with E-state index in [-0.39, 0.29) is 0 Å². The summed E-state index contributed by atoms with van der Waals surface area (Å²) in [5.74, 6) is 0. The van der Waals surface area contributed by atoms with Crippen molar-refractivity contribution in [1.29, 1.82) is 0 Å². The fraction of sp³-hybridized carbons (Fsp3) is 0. The molecule has 0 fully saturated rings. The van der Waals surface area contributed by atoms with Gasteiger partial charge in [0.15, 0.2) is 0 Å². The lowest BCUT2D eigenvalue weighted by Gasteiger charge is -2.08. The van der Waals surface area contributed by atoms with Crippen LogP contribution in [-0.2, 0) is 0 Å². The molecule has 0 aliphatic carbocycles. The maximum absolute atomic E-state index is 11.8. The zero-order chi connectivity index (χ0) is 5.11. The Balaban J connectivity index is 2.49. The van der Waals surface area contributed by atoms with Gasteiger partial charge in [-0.05, 0) is 12.2 Å². The predicted molar refractivity (Wildman–Crippen MR) is 24.4 cm³/mol. The largest absolute Gasteiger partial charge is 0.278 e. The molecular weight excluding hydrogens is 95.1 g/mol. The monoisotopic (exact) mass is 100 g/mol. The van der Waals surface area contributed by atoms with Crippen molar-refractivity contribution >= 4 is 0 Å². The van der Waals surface area contributed by atoms with Gasteiger partial charge < -0.3 is 0 Å². The molecule has 1 aliphatic rings. The van der Waals surface area contributed by atoms with Gasteiger partial charge >= 0.3 is 0 Å². The molecule has 0 saturated heterocycles. The fourth-order valence-electron chi connectivity index (χ4n) is 0.338. The van der Waals surface area contributed by atoms with Crippen molar-refractivity contribution < 1.29 is 4.48 Å². The number of nitrogens with one attached hydrogen (secondary N) is 1. The lowest BCUT2D eigenvalue weighted by Crippen LogP contribution is -2.21. The molecule has 0 aromatic heterocycles. The summed E-state index contributed by atoms with van der Waals surface area (Å²) < 4.78 is 11.8. The molecule has 0 unspecified atom stereocenters. The molecule has 1 rings (SSSR count). The highest BCUT2D eigenvalue weighted by molar-refractivity contribution is 5.03. The fourth-order valence-corrected chi connectivity index (χ4v) is 0.338. The minimum atomic E-state index is 0.375. The molecule has 1 heterocycles. The van der Waals surface area contributed by atoms with E-state index in [2.05, 4.69) is 5.43 Å². The van der Waals surface area contributed by atoms with Crippen molar-refractivity contribution in [1.82, 2.24) is 10.7 Å². The normalized spacial score (nSPS) is 17.0. The number of hydrogen-bond acceptors (Lipinski definition) is 2. The van der Waals surface area contributed by atoms with Crippen LogP contribution < -0.4 is 5.43 Å². The van der Waals surface area contributed by atoms with Gasteiger partial charge in [-0.2, -0.15) is 0 Å². The van der Waals surface area contributed by atoms with Gasteiger partial charge in [-0.15, -0.1) is 5.23 Å². The summed E-state index contributed by atoms with van der Waals surface area (Å²) in [6, 6.07) is 0. The minimum Gasteiger partial charge on any atom is -0.278 e. The van der Waals surface area contributed by atoms with E-state index in [9.17, 15) is 4.48 Å². The van der Waals surface area contributed by atoms with Crippen molar-refractivity contribution in [2.24, 2.45) is 0 Å². The number of hydrazine groups is 1. The highest BCUT2D eigenvalue weighted by Gasteiger charge is 1.88. The maximum Gasteiger partial charge on any atom is 0.0570 e. The van der Waals surface area contributed by atoms with Gasteiger partial charge in [0.1, 0.15) is 0 Å². The second-order valence-electron chi connectivity index (χ2n) is 1.14. The average molecular weight is 100 g/mol. The average Bonchev–Trinajstić information content (AvgIpc) is 1.69. The van der Waals surface area contributed by atoms with Gasteiger partial charge in [0.2, 0.25) is 0 Å². The van der Waals surface area contributed by atoms with Crippen molar-refractivity contribution in [3.05, 3.63) is 24.6 Å². The first-order chi connectivity index (χ1) is 3.39. The van der Waals surface area contributed by atoms with Gasteiger partial charge in [-0.3, -0.25) is 5.43 Å². The summed E-state index contributed by atoms with van der Waals surface area (Å²) in [5, 5.41) is 0.375. The van der Waals surface area contributed by atoms with Gasteiger partial charge in [-0.25, -0.2) is 0 Å². The molecule has 0 amide bonds. The Morgan fingerprint density at radius 2 is 2.29 bits per heavy atom. The van der Waals surface area contributed by atoms with E-state index in [4.69, 9.17) is 0 Å². The van der Waals surface area contributed by atoms with Crippen LogP contribution in [0.2, 0.25) is 0 Å². The van der Waals surface area contributed by atoms with E-state index in [1.54, 1.807) is 12.2 Å². The first-order valence-corrected chi connectivity index (χ1v) is 1.94. The van der Waals surface area contributed by atoms with Crippen molar-refractivity contribution in [3.63, 3.8) is 0 Å². The van der Waals surface area contributed by atoms with E-state index in [0.29, 0.717) is 5.23 Å². The Bertz CT molecular complexity index is 108. The molecule has 38 valence electrons. The molecule has 0 aromatic rings. The standard InChI is InChI=1S/C4H5FN2/c5-7-4-2-1-3-6-7/h1-4,6H. The van der Waals surface area contributed by atoms with E-state index in [1.807, 2.05) is 0 Å².